The van der Waals surface area contributed by atoms with Crippen molar-refractivity contribution in [1.82, 2.24) is 0 Å². The number of aliphatic hydroxyl groups is 1. The van der Waals surface area contributed by atoms with Gasteiger partial charge in [0.25, 0.3) is 0 Å². The van der Waals surface area contributed by atoms with Crippen molar-refractivity contribution in [3.05, 3.63) is 0 Å². The summed E-state index contributed by atoms with van der Waals surface area (Å²) >= 11 is 0. The molecule has 4 heteroatoms. The molecule has 0 spiro atoms. The van der Waals surface area contributed by atoms with Crippen LogP contribution in [0.5, 0.6) is 0 Å². The molecule has 1 rings (SSSR count). The van der Waals surface area contributed by atoms with Crippen LogP contribution in [-0.2, 0) is 4.79 Å². The number of primary amides is 1. The van der Waals surface area contributed by atoms with Gasteiger partial charge >= 0.3 is 5.91 Å². The molecule has 13 heavy (non-hydrogen) atoms. The molecule has 74 valence electrons. The highest BCUT2D eigenvalue weighted by Gasteiger charge is 2.43. The van der Waals surface area contributed by atoms with Gasteiger partial charge < -0.3 is 5.11 Å². The summed E-state index contributed by atoms with van der Waals surface area (Å²) in [4.78, 5) is 11.3. The lowest BCUT2D eigenvalue weighted by Crippen LogP contribution is -2.81. The number of nitrogens with zero attached hydrogens (tertiary/aromatic N) is 1. The Labute approximate surface area is 78.0 Å². The first-order chi connectivity index (χ1) is 5.84. The third kappa shape index (κ3) is 1.95. The summed E-state index contributed by atoms with van der Waals surface area (Å²) < 4.78 is 0. The largest absolute Gasteiger partial charge is 0.391 e. The van der Waals surface area contributed by atoms with Crippen LogP contribution in [0.15, 0.2) is 5.10 Å². The highest BCUT2D eigenvalue weighted by molar-refractivity contribution is 6.02. The van der Waals surface area contributed by atoms with Crippen molar-refractivity contribution in [2.75, 3.05) is 0 Å². The average Bonchev–Trinajstić information content (AvgIpc) is 2.28. The van der Waals surface area contributed by atoms with Gasteiger partial charge in [-0.05, 0) is 12.3 Å². The van der Waals surface area contributed by atoms with E-state index in [0.717, 1.165) is 0 Å². The lowest BCUT2D eigenvalue weighted by molar-refractivity contribution is -0.570. The fourth-order valence-electron chi connectivity index (χ4n) is 1.42. The van der Waals surface area contributed by atoms with E-state index in [-0.39, 0.29) is 11.3 Å². The minimum Gasteiger partial charge on any atom is -0.391 e. The second-order valence-corrected chi connectivity index (χ2v) is 4.59. The number of nitrogens with two attached hydrogens (primary N) is 1. The number of carbonyl (C=O) groups is 1. The van der Waals surface area contributed by atoms with E-state index in [1.165, 1.54) is 5.43 Å². The minimum absolute atomic E-state index is 0.0834. The van der Waals surface area contributed by atoms with Gasteiger partial charge in [-0.3, -0.25) is 0 Å². The highest BCUT2D eigenvalue weighted by Crippen LogP contribution is 2.26. The van der Waals surface area contributed by atoms with E-state index in [0.29, 0.717) is 5.71 Å². The smallest absolute Gasteiger partial charge is 0.348 e. The molecule has 1 aliphatic rings. The third-order valence-electron chi connectivity index (χ3n) is 2.36. The first kappa shape index (κ1) is 10.3. The van der Waals surface area contributed by atoms with Gasteiger partial charge in [-0.25, -0.2) is 4.79 Å². The molecule has 0 fully saturated rings. The molecule has 0 radical (unpaired) electrons. The molecule has 1 amide bonds. The highest BCUT2D eigenvalue weighted by atomic mass is 16.3. The fraction of sp³-hybridized carbons (Fsp3) is 0.778. The summed E-state index contributed by atoms with van der Waals surface area (Å²) in [5.41, 5.74) is 1.73. The molecule has 4 nitrogen and oxygen atoms in total. The van der Waals surface area contributed by atoms with E-state index in [1.54, 1.807) is 6.92 Å². The summed E-state index contributed by atoms with van der Waals surface area (Å²) in [5, 5.41) is 13.8. The molecule has 0 aliphatic carbocycles. The van der Waals surface area contributed by atoms with E-state index < -0.39 is 12.0 Å². The summed E-state index contributed by atoms with van der Waals surface area (Å²) in [5.74, 6) is -0.514. The lowest BCUT2D eigenvalue weighted by Gasteiger charge is -2.28. The molecule has 0 bridgehead atoms. The zero-order valence-electron chi connectivity index (χ0n) is 8.53. The molecule has 1 aliphatic heterocycles. The molecule has 0 saturated carbocycles. The Balaban J connectivity index is 2.83. The molecular weight excluding hydrogens is 168 g/mol. The monoisotopic (exact) mass is 185 g/mol. The van der Waals surface area contributed by atoms with Crippen molar-refractivity contribution < 1.29 is 15.3 Å². The molecule has 1 heterocycles. The van der Waals surface area contributed by atoms with Crippen molar-refractivity contribution in [3.63, 3.8) is 0 Å². The molecule has 0 saturated heterocycles. The van der Waals surface area contributed by atoms with Crippen molar-refractivity contribution in [1.29, 1.82) is 0 Å². The molecular formula is C9H17N2O2+. The number of hydrogen-bond donors (Lipinski definition) is 2. The molecule has 2 atom stereocenters. The van der Waals surface area contributed by atoms with Crippen LogP contribution in [0.3, 0.4) is 0 Å². The lowest BCUT2D eigenvalue weighted by atomic mass is 9.79. The average molecular weight is 185 g/mol. The van der Waals surface area contributed by atoms with Crippen molar-refractivity contribution in [3.8, 4) is 0 Å². The van der Waals surface area contributed by atoms with E-state index in [2.05, 4.69) is 5.10 Å². The number of aliphatic hydroxyl groups excluding tert-OH is 1. The van der Waals surface area contributed by atoms with Gasteiger partial charge in [-0.15, -0.1) is 0 Å². The van der Waals surface area contributed by atoms with Crippen LogP contribution >= 0.6 is 0 Å². The number of hydrogen-bond acceptors (Lipinski definition) is 3. The van der Waals surface area contributed by atoms with Gasteiger partial charge in [0, 0.05) is 0 Å². The van der Waals surface area contributed by atoms with Crippen LogP contribution in [0.2, 0.25) is 0 Å². The normalized spacial score (nSPS) is 26.1. The maximum absolute atomic E-state index is 11.3. The predicted molar refractivity (Wildman–Crippen MR) is 49.0 cm³/mol. The van der Waals surface area contributed by atoms with Crippen molar-refractivity contribution >= 4 is 11.6 Å². The Bertz CT molecular complexity index is 253. The number of quaternary nitrogens is 1. The van der Waals surface area contributed by atoms with Gasteiger partial charge in [-0.2, -0.15) is 5.43 Å². The number of amides is 1. The molecule has 3 N–H and O–H groups in total. The Hall–Kier alpha value is -0.740. The first-order valence-corrected chi connectivity index (χ1v) is 4.43. The maximum atomic E-state index is 11.3. The Morgan fingerprint density at radius 1 is 1.54 bits per heavy atom. The fourth-order valence-corrected chi connectivity index (χ4v) is 1.42. The second kappa shape index (κ2) is 3.20. The zero-order chi connectivity index (χ0) is 10.2. The van der Waals surface area contributed by atoms with E-state index in [9.17, 15) is 9.90 Å². The van der Waals surface area contributed by atoms with Crippen LogP contribution < -0.4 is 5.43 Å². The minimum atomic E-state index is -0.650. The Morgan fingerprint density at radius 2 is 2.08 bits per heavy atom. The number of carbonyl (C=O) groups excluding carboxylic acids is 1. The number of rotatable bonds is 1. The third-order valence-corrected chi connectivity index (χ3v) is 2.36. The van der Waals surface area contributed by atoms with Gasteiger partial charge in [0.05, 0.1) is 11.8 Å². The topological polar surface area (TPSA) is 66.3 Å². The summed E-state index contributed by atoms with van der Waals surface area (Å²) in [6.45, 7) is 7.52. The van der Waals surface area contributed by atoms with Gasteiger partial charge in [0.2, 0.25) is 0 Å². The first-order valence-electron chi connectivity index (χ1n) is 4.43. The SMILES string of the molecule is CC1=N[NH2+]C(=O)C1C(O)C(C)(C)C. The summed E-state index contributed by atoms with van der Waals surface area (Å²) in [6, 6.07) is 0. The quantitative estimate of drug-likeness (QED) is 0.540. The van der Waals surface area contributed by atoms with Crippen LogP contribution in [0, 0.1) is 11.3 Å². The van der Waals surface area contributed by atoms with E-state index in [4.69, 9.17) is 0 Å². The molecule has 2 unspecified atom stereocenters. The molecule has 0 aromatic heterocycles. The Kier molecular flexibility index (Phi) is 2.54. The van der Waals surface area contributed by atoms with E-state index in [1.807, 2.05) is 20.8 Å². The predicted octanol–water partition coefficient (Wildman–Crippen LogP) is -0.511. The Morgan fingerprint density at radius 3 is 2.38 bits per heavy atom. The molecule has 0 aromatic carbocycles. The van der Waals surface area contributed by atoms with Crippen LogP contribution in [0.25, 0.3) is 0 Å². The summed E-state index contributed by atoms with van der Waals surface area (Å²) in [6.07, 6.45) is -0.650. The van der Waals surface area contributed by atoms with Gasteiger partial charge in [0.15, 0.2) is 0 Å². The van der Waals surface area contributed by atoms with Crippen molar-refractivity contribution in [2.45, 2.75) is 33.8 Å². The van der Waals surface area contributed by atoms with Crippen molar-refractivity contribution in [2.24, 2.45) is 16.4 Å². The van der Waals surface area contributed by atoms with Gasteiger partial charge in [0.1, 0.15) is 5.92 Å². The van der Waals surface area contributed by atoms with E-state index >= 15 is 0 Å². The van der Waals surface area contributed by atoms with Crippen LogP contribution in [-0.4, -0.2) is 22.8 Å². The van der Waals surface area contributed by atoms with Gasteiger partial charge in [-0.1, -0.05) is 25.9 Å². The van der Waals surface area contributed by atoms with Crippen LogP contribution in [0.1, 0.15) is 27.7 Å². The summed E-state index contributed by atoms with van der Waals surface area (Å²) in [7, 11) is 0. The van der Waals surface area contributed by atoms with Crippen LogP contribution in [0.4, 0.5) is 0 Å². The standard InChI is InChI=1S/C9H16N2O2/c1-5-6(8(13)11-10-5)7(12)9(2,3)4/h6-7,12H,1-4H3,(H,11,13)/p+1. The molecule has 0 aromatic rings. The second-order valence-electron chi connectivity index (χ2n) is 4.59. The zero-order valence-corrected chi connectivity index (χ0v) is 8.53. The maximum Gasteiger partial charge on any atom is 0.348 e.